The van der Waals surface area contributed by atoms with E-state index < -0.39 is 0 Å². The first-order valence-corrected chi connectivity index (χ1v) is 9.82. The van der Waals surface area contributed by atoms with Gasteiger partial charge in [0.05, 0.1) is 5.69 Å². The first-order chi connectivity index (χ1) is 12.8. The van der Waals surface area contributed by atoms with E-state index in [1.807, 2.05) is 21.8 Å². The van der Waals surface area contributed by atoms with Gasteiger partial charge in [-0.2, -0.15) is 5.10 Å². The Morgan fingerprint density at radius 2 is 1.96 bits per heavy atom. The van der Waals surface area contributed by atoms with Crippen LogP contribution in [-0.2, 0) is 22.4 Å². The number of nitrogens with zero attached hydrogens (tertiary/aromatic N) is 5. The number of amides is 1. The Bertz CT molecular complexity index is 819. The van der Waals surface area contributed by atoms with Crippen LogP contribution in [0.3, 0.4) is 0 Å². The Kier molecular flexibility index (Phi) is 4.04. The number of hydrogen-bond donors (Lipinski definition) is 0. The first-order valence-electron chi connectivity index (χ1n) is 9.82. The minimum atomic E-state index is -0.218. The van der Waals surface area contributed by atoms with Gasteiger partial charge >= 0.3 is 0 Å². The van der Waals surface area contributed by atoms with Crippen molar-refractivity contribution >= 4 is 17.2 Å². The van der Waals surface area contributed by atoms with Crippen LogP contribution in [0, 0.1) is 0 Å². The van der Waals surface area contributed by atoms with Gasteiger partial charge in [0, 0.05) is 50.7 Å². The van der Waals surface area contributed by atoms with Gasteiger partial charge < -0.3 is 14.5 Å². The van der Waals surface area contributed by atoms with Crippen molar-refractivity contribution in [2.75, 3.05) is 37.7 Å². The van der Waals surface area contributed by atoms with Gasteiger partial charge in [0.2, 0.25) is 0 Å². The number of carbonyl (C=O) groups excluding carboxylic acids is 1. The number of aromatic nitrogens is 3. The largest absolute Gasteiger partial charge is 0.368 e. The van der Waals surface area contributed by atoms with Crippen molar-refractivity contribution in [2.45, 2.75) is 44.6 Å². The number of hydrogen-bond acceptors (Lipinski definition) is 5. The smallest absolute Gasteiger partial charge is 0.251 e. The number of ether oxygens (including phenoxy) is 1. The highest BCUT2D eigenvalue weighted by Crippen LogP contribution is 2.30. The molecule has 2 saturated heterocycles. The van der Waals surface area contributed by atoms with E-state index >= 15 is 0 Å². The highest BCUT2D eigenvalue weighted by Gasteiger charge is 2.31. The van der Waals surface area contributed by atoms with E-state index in [1.54, 1.807) is 0 Å². The number of anilines is 1. The van der Waals surface area contributed by atoms with E-state index in [-0.39, 0.29) is 12.0 Å². The molecule has 0 bridgehead atoms. The van der Waals surface area contributed by atoms with Crippen LogP contribution in [0.25, 0.3) is 5.52 Å². The van der Waals surface area contributed by atoms with Gasteiger partial charge in [-0.25, -0.2) is 9.50 Å². The van der Waals surface area contributed by atoms with Crippen molar-refractivity contribution in [3.63, 3.8) is 0 Å². The van der Waals surface area contributed by atoms with Gasteiger partial charge in [-0.1, -0.05) is 0 Å². The summed E-state index contributed by atoms with van der Waals surface area (Å²) in [4.78, 5) is 21.5. The molecule has 0 aromatic carbocycles. The Morgan fingerprint density at radius 1 is 1.12 bits per heavy atom. The average molecular weight is 355 g/mol. The lowest BCUT2D eigenvalue weighted by Crippen LogP contribution is -2.51. The topological polar surface area (TPSA) is 63.0 Å². The SMILES string of the molecule is O=C(C1CCCO1)N1CCN(c2nccn3nc4c(c23)CCCC4)CC1. The Balaban J connectivity index is 1.36. The normalized spacial score (nSPS) is 23.5. The molecule has 1 amide bonds. The molecule has 0 N–H and O–H groups in total. The fourth-order valence-electron chi connectivity index (χ4n) is 4.49. The van der Waals surface area contributed by atoms with E-state index in [4.69, 9.17) is 14.8 Å². The zero-order valence-corrected chi connectivity index (χ0v) is 15.1. The second-order valence-corrected chi connectivity index (χ2v) is 7.49. The summed E-state index contributed by atoms with van der Waals surface area (Å²) in [6, 6.07) is 0. The highest BCUT2D eigenvalue weighted by atomic mass is 16.5. The monoisotopic (exact) mass is 355 g/mol. The molecule has 138 valence electrons. The molecule has 26 heavy (non-hydrogen) atoms. The molecule has 2 aliphatic heterocycles. The van der Waals surface area contributed by atoms with Crippen LogP contribution >= 0.6 is 0 Å². The summed E-state index contributed by atoms with van der Waals surface area (Å²) >= 11 is 0. The zero-order valence-electron chi connectivity index (χ0n) is 15.1. The Labute approximate surface area is 152 Å². The maximum atomic E-state index is 12.6. The number of fused-ring (bicyclic) bond motifs is 3. The summed E-state index contributed by atoms with van der Waals surface area (Å²) in [7, 11) is 0. The molecule has 0 radical (unpaired) electrons. The molecule has 5 rings (SSSR count). The fourth-order valence-corrected chi connectivity index (χ4v) is 4.49. The molecule has 1 atom stereocenters. The average Bonchev–Trinajstić information content (AvgIpc) is 3.35. The lowest BCUT2D eigenvalue weighted by atomic mass is 9.97. The molecular weight excluding hydrogens is 330 g/mol. The van der Waals surface area contributed by atoms with Crippen LogP contribution in [0.2, 0.25) is 0 Å². The molecule has 2 aromatic rings. The summed E-state index contributed by atoms with van der Waals surface area (Å²) in [5.41, 5.74) is 3.77. The standard InChI is InChI=1S/C19H25N5O2/c25-19(16-6-3-13-26-16)23-11-9-22(10-12-23)18-17-14-4-1-2-5-15(14)21-24(17)8-7-20-18/h7-8,16H,1-6,9-13H2. The molecule has 2 fully saturated rings. The van der Waals surface area contributed by atoms with Crippen LogP contribution in [0.15, 0.2) is 12.4 Å². The van der Waals surface area contributed by atoms with E-state index in [2.05, 4.69) is 4.90 Å². The van der Waals surface area contributed by atoms with Gasteiger partial charge in [-0.05, 0) is 38.5 Å². The van der Waals surface area contributed by atoms with Crippen molar-refractivity contribution in [1.29, 1.82) is 0 Å². The van der Waals surface area contributed by atoms with E-state index in [0.29, 0.717) is 6.61 Å². The maximum Gasteiger partial charge on any atom is 0.251 e. The van der Waals surface area contributed by atoms with Crippen LogP contribution in [0.1, 0.15) is 36.9 Å². The van der Waals surface area contributed by atoms with Crippen LogP contribution in [-0.4, -0.2) is 64.3 Å². The number of aryl methyl sites for hydroxylation is 2. The van der Waals surface area contributed by atoms with E-state index in [0.717, 1.165) is 57.7 Å². The molecule has 7 nitrogen and oxygen atoms in total. The first kappa shape index (κ1) is 16.1. The fraction of sp³-hybridized carbons (Fsp3) is 0.632. The van der Waals surface area contributed by atoms with Gasteiger partial charge in [0.25, 0.3) is 5.91 Å². The molecule has 0 spiro atoms. The van der Waals surface area contributed by atoms with Crippen molar-refractivity contribution in [3.8, 4) is 0 Å². The van der Waals surface area contributed by atoms with Gasteiger partial charge in [-0.15, -0.1) is 0 Å². The van der Waals surface area contributed by atoms with Crippen LogP contribution < -0.4 is 4.90 Å². The van der Waals surface area contributed by atoms with E-state index in [1.165, 1.54) is 29.6 Å². The number of carbonyl (C=O) groups is 1. The van der Waals surface area contributed by atoms with Gasteiger partial charge in [0.15, 0.2) is 5.82 Å². The maximum absolute atomic E-state index is 12.6. The van der Waals surface area contributed by atoms with Crippen molar-refractivity contribution < 1.29 is 9.53 Å². The molecule has 1 aliphatic carbocycles. The van der Waals surface area contributed by atoms with E-state index in [9.17, 15) is 4.79 Å². The van der Waals surface area contributed by atoms with Gasteiger partial charge in [-0.3, -0.25) is 4.79 Å². The second kappa shape index (κ2) is 6.54. The van der Waals surface area contributed by atoms with Crippen LogP contribution in [0.5, 0.6) is 0 Å². The summed E-state index contributed by atoms with van der Waals surface area (Å²) in [5, 5.41) is 4.77. The molecule has 0 saturated carbocycles. The third kappa shape index (κ3) is 2.65. The molecule has 1 unspecified atom stereocenters. The molecule has 7 heteroatoms. The van der Waals surface area contributed by atoms with Crippen LogP contribution in [0.4, 0.5) is 5.82 Å². The van der Waals surface area contributed by atoms with Crippen molar-refractivity contribution in [3.05, 3.63) is 23.7 Å². The summed E-state index contributed by atoms with van der Waals surface area (Å²) in [6.45, 7) is 3.81. The second-order valence-electron chi connectivity index (χ2n) is 7.49. The molecule has 3 aliphatic rings. The Morgan fingerprint density at radius 3 is 2.77 bits per heavy atom. The van der Waals surface area contributed by atoms with Crippen molar-refractivity contribution in [2.24, 2.45) is 0 Å². The lowest BCUT2D eigenvalue weighted by Gasteiger charge is -2.36. The molecular formula is C19H25N5O2. The predicted molar refractivity (Wildman–Crippen MR) is 97.4 cm³/mol. The predicted octanol–water partition coefficient (Wildman–Crippen LogP) is 1.44. The van der Waals surface area contributed by atoms with Crippen molar-refractivity contribution in [1.82, 2.24) is 19.5 Å². The number of rotatable bonds is 2. The third-order valence-electron chi connectivity index (χ3n) is 5.89. The minimum absolute atomic E-state index is 0.162. The highest BCUT2D eigenvalue weighted by molar-refractivity contribution is 5.81. The zero-order chi connectivity index (χ0) is 17.5. The molecule has 4 heterocycles. The minimum Gasteiger partial charge on any atom is -0.368 e. The quantitative estimate of drug-likeness (QED) is 0.816. The Hall–Kier alpha value is -2.15. The lowest BCUT2D eigenvalue weighted by molar-refractivity contribution is -0.141. The summed E-state index contributed by atoms with van der Waals surface area (Å²) < 4.78 is 7.56. The summed E-state index contributed by atoms with van der Waals surface area (Å²) in [6.07, 6.45) is 10.0. The molecule has 2 aromatic heterocycles. The number of piperazine rings is 1. The van der Waals surface area contributed by atoms with Gasteiger partial charge in [0.1, 0.15) is 11.6 Å². The third-order valence-corrected chi connectivity index (χ3v) is 5.89. The summed E-state index contributed by atoms with van der Waals surface area (Å²) in [5.74, 6) is 1.18.